The van der Waals surface area contributed by atoms with Gasteiger partial charge in [-0.15, -0.1) is 0 Å². The van der Waals surface area contributed by atoms with Crippen molar-refractivity contribution < 1.29 is 34.5 Å². The topological polar surface area (TPSA) is 79.2 Å². The second-order valence-electron chi connectivity index (χ2n) is 7.19. The van der Waals surface area contributed by atoms with Crippen LogP contribution in [-0.4, -0.2) is 46.1 Å². The number of hydrogen-bond acceptors (Lipinski definition) is 1. The molecule has 0 aliphatic rings. The molecule has 35 heavy (non-hydrogen) atoms. The second-order valence-corrected chi connectivity index (χ2v) is 14.9. The summed E-state index contributed by atoms with van der Waals surface area (Å²) in [6.45, 7) is 22.8. The summed E-state index contributed by atoms with van der Waals surface area (Å²) in [4.78, 5) is 8.24. The molecule has 4 nitrogen and oxygen atoms in total. The summed E-state index contributed by atoms with van der Waals surface area (Å²) in [5.74, 6) is 0. The van der Waals surface area contributed by atoms with E-state index in [4.69, 9.17) is 19.5 Å². The number of carbonyl (C=O) groups excluding carboxylic acids is 1. The van der Waals surface area contributed by atoms with Crippen LogP contribution in [0.15, 0.2) is 91.0 Å². The predicted octanol–water partition coefficient (Wildman–Crippen LogP) is 5.17. The Morgan fingerprint density at radius 1 is 0.543 bits per heavy atom. The van der Waals surface area contributed by atoms with Crippen molar-refractivity contribution >= 4 is 45.8 Å². The first-order valence-corrected chi connectivity index (χ1v) is 17.8. The Hall–Kier alpha value is -1.53. The summed E-state index contributed by atoms with van der Waals surface area (Å²) in [5.41, 5.74) is 0. The van der Waals surface area contributed by atoms with E-state index in [1.54, 1.807) is 0 Å². The van der Waals surface area contributed by atoms with E-state index in [1.165, 1.54) is 15.9 Å². The maximum Gasteiger partial charge on any atom is 0 e. The van der Waals surface area contributed by atoms with Crippen LogP contribution in [0.25, 0.3) is 5.41 Å². The summed E-state index contributed by atoms with van der Waals surface area (Å²) >= 11 is 0. The Balaban J connectivity index is -0.000000180. The molecular formula is C27H36NO3P3Re+2. The Morgan fingerprint density at radius 2 is 0.686 bits per heavy atom. The SMILES string of the molecule is C[PH+](C)c1ccccc1.C[PH+](C)c1ccccc1.C[PH+](C)c1ccccc1.[C-]#[O+].[C-]#[O+].[N-]=C=O.[Re]. The molecule has 0 heterocycles. The summed E-state index contributed by atoms with van der Waals surface area (Å²) in [6, 6.07) is 32.0. The maximum absolute atomic E-state index is 8.24. The molecule has 1 radical (unpaired) electrons. The van der Waals surface area contributed by atoms with Crippen molar-refractivity contribution in [3.05, 3.63) is 110 Å². The van der Waals surface area contributed by atoms with Gasteiger partial charge in [0.15, 0.2) is 0 Å². The molecule has 3 rings (SSSR count). The normalized spacial score (nSPS) is 8.14. The van der Waals surface area contributed by atoms with Gasteiger partial charge in [-0.25, -0.2) is 0 Å². The molecule has 3 aromatic rings. The molecule has 187 valence electrons. The van der Waals surface area contributed by atoms with Crippen LogP contribution in [0.1, 0.15) is 0 Å². The quantitative estimate of drug-likeness (QED) is 0.122. The van der Waals surface area contributed by atoms with E-state index in [9.17, 15) is 0 Å². The van der Waals surface area contributed by atoms with Crippen LogP contribution >= 0.6 is 23.8 Å². The van der Waals surface area contributed by atoms with E-state index in [0.717, 1.165) is 0 Å². The first-order valence-electron chi connectivity index (χ1n) is 10.3. The maximum atomic E-state index is 8.24. The fraction of sp³-hybridized carbons (Fsp3) is 0.222. The van der Waals surface area contributed by atoms with Crippen molar-refractivity contribution in [2.24, 2.45) is 0 Å². The van der Waals surface area contributed by atoms with Crippen LogP contribution in [0.3, 0.4) is 0 Å². The minimum absolute atomic E-state index is 0. The minimum atomic E-state index is -0.212. The molecule has 0 unspecified atom stereocenters. The van der Waals surface area contributed by atoms with Crippen LogP contribution in [0.4, 0.5) is 0 Å². The van der Waals surface area contributed by atoms with Gasteiger partial charge in [-0.2, -0.15) is 0 Å². The molecule has 0 aliphatic heterocycles. The zero-order chi connectivity index (χ0) is 26.8. The molecule has 8 heteroatoms. The van der Waals surface area contributed by atoms with Crippen LogP contribution < -0.4 is 15.9 Å². The summed E-state index contributed by atoms with van der Waals surface area (Å²) in [5, 5.41) is 11.3. The minimum Gasteiger partial charge on any atom is -0.724 e. The second kappa shape index (κ2) is 30.5. The number of rotatable bonds is 3. The molecule has 0 saturated carbocycles. The van der Waals surface area contributed by atoms with Gasteiger partial charge in [-0.3, -0.25) is 4.79 Å². The van der Waals surface area contributed by atoms with Gasteiger partial charge in [-0.05, 0) is 42.5 Å². The molecular weight excluding hydrogens is 665 g/mol. The Morgan fingerprint density at radius 3 is 0.771 bits per heavy atom. The zero-order valence-electron chi connectivity index (χ0n) is 21.2. The molecule has 0 aliphatic carbocycles. The Kier molecular flexibility index (Phi) is 35.4. The van der Waals surface area contributed by atoms with Gasteiger partial charge in [0.2, 0.25) is 0 Å². The standard InChI is InChI=1S/3C8H11P.CNO.2CO.Re/c3*1-9(2)8-6-4-3-5-7-8;2-1-3;2*1-2;/h3*3-7H,1-2H3;;;;/q;;;-1;;;/p+3. The first kappa shape index (κ1) is 40.6. The van der Waals surface area contributed by atoms with Crippen molar-refractivity contribution in [2.75, 3.05) is 40.0 Å². The average molecular weight is 702 g/mol. The Labute approximate surface area is 229 Å². The Bertz CT molecular complexity index is 790. The number of benzene rings is 3. The molecule has 0 spiro atoms. The van der Waals surface area contributed by atoms with Gasteiger partial charge in [0.25, 0.3) is 0 Å². The summed E-state index contributed by atoms with van der Waals surface area (Å²) in [6.07, 6.45) is 0.500. The van der Waals surface area contributed by atoms with Gasteiger partial charge in [-0.1, -0.05) is 54.6 Å². The van der Waals surface area contributed by atoms with Crippen molar-refractivity contribution in [1.82, 2.24) is 0 Å². The van der Waals surface area contributed by atoms with E-state index in [-0.39, 0.29) is 44.2 Å². The molecule has 0 saturated heterocycles. The summed E-state index contributed by atoms with van der Waals surface area (Å²) < 4.78 is 15.0. The molecule has 0 N–H and O–H groups in total. The van der Waals surface area contributed by atoms with Crippen molar-refractivity contribution in [3.63, 3.8) is 0 Å². The van der Waals surface area contributed by atoms with E-state index >= 15 is 0 Å². The fourth-order valence-electron chi connectivity index (χ4n) is 2.31. The smallest absolute Gasteiger partial charge is 0 e. The molecule has 0 fully saturated rings. The molecule has 0 atom stereocenters. The number of isocyanates is 1. The van der Waals surface area contributed by atoms with E-state index in [2.05, 4.69) is 144 Å². The third-order valence-electron chi connectivity index (χ3n) is 4.05. The summed E-state index contributed by atoms with van der Waals surface area (Å²) in [7, 11) is -0.637. The van der Waals surface area contributed by atoms with Crippen LogP contribution in [0.2, 0.25) is 0 Å². The third-order valence-corrected chi connectivity index (χ3v) is 8.52. The molecule has 3 aromatic carbocycles. The largest absolute Gasteiger partial charge is 0.724 e. The van der Waals surface area contributed by atoms with Gasteiger partial charge >= 0.3 is 22.6 Å². The molecule has 0 bridgehead atoms. The van der Waals surface area contributed by atoms with Crippen LogP contribution in [-0.2, 0) is 34.5 Å². The van der Waals surface area contributed by atoms with Crippen molar-refractivity contribution in [3.8, 4) is 0 Å². The van der Waals surface area contributed by atoms with Gasteiger partial charge < -0.3 is 5.41 Å². The van der Waals surface area contributed by atoms with Crippen LogP contribution in [0.5, 0.6) is 0 Å². The van der Waals surface area contributed by atoms with Crippen molar-refractivity contribution in [2.45, 2.75) is 0 Å². The fourth-order valence-corrected chi connectivity index (χ4v) is 4.89. The van der Waals surface area contributed by atoms with E-state index in [0.29, 0.717) is 6.08 Å². The van der Waals surface area contributed by atoms with E-state index < -0.39 is 0 Å². The van der Waals surface area contributed by atoms with Gasteiger partial charge in [0, 0.05) is 44.2 Å². The first-order chi connectivity index (χ1) is 16.3. The van der Waals surface area contributed by atoms with Gasteiger partial charge in [0.1, 0.15) is 0 Å². The molecule has 0 aromatic heterocycles. The number of nitrogens with zero attached hydrogens (tertiary/aromatic N) is 1. The molecule has 0 amide bonds. The zero-order valence-corrected chi connectivity index (χ0v) is 26.9. The van der Waals surface area contributed by atoms with E-state index in [1.807, 2.05) is 0 Å². The van der Waals surface area contributed by atoms with Crippen LogP contribution in [0, 0.1) is 13.3 Å². The van der Waals surface area contributed by atoms with Crippen molar-refractivity contribution in [1.29, 1.82) is 0 Å². The van der Waals surface area contributed by atoms with Gasteiger partial charge in [0.05, 0.1) is 55.9 Å². The number of hydrogen-bond donors (Lipinski definition) is 0. The average Bonchev–Trinajstić information content (AvgIpc) is 2.89. The monoisotopic (exact) mass is 702 g/mol. The third kappa shape index (κ3) is 25.4. The predicted molar refractivity (Wildman–Crippen MR) is 156 cm³/mol.